The molecular weight excluding hydrogens is 316 g/mol. The van der Waals surface area contributed by atoms with Crippen molar-refractivity contribution in [3.8, 4) is 22.8 Å². The van der Waals surface area contributed by atoms with E-state index >= 15 is 0 Å². The van der Waals surface area contributed by atoms with Crippen LogP contribution in [0.5, 0.6) is 5.75 Å². The highest BCUT2D eigenvalue weighted by atomic mass is 19.1. The second-order valence-electron chi connectivity index (χ2n) is 5.12. The summed E-state index contributed by atoms with van der Waals surface area (Å²) < 4.78 is 34.1. The van der Waals surface area contributed by atoms with Crippen molar-refractivity contribution < 1.29 is 13.5 Å². The largest absolute Gasteiger partial charge is 0.497 e. The number of hydrogen-bond donors (Lipinski definition) is 1. The lowest BCUT2D eigenvalue weighted by molar-refractivity contribution is 0.414. The highest BCUT2D eigenvalue weighted by Crippen LogP contribution is 2.30. The van der Waals surface area contributed by atoms with E-state index in [2.05, 4.69) is 20.5 Å². The first-order valence-corrected chi connectivity index (χ1v) is 7.06. The molecule has 0 aliphatic rings. The molecule has 4 rings (SSSR count). The van der Waals surface area contributed by atoms with Gasteiger partial charge in [-0.05, 0) is 40.8 Å². The summed E-state index contributed by atoms with van der Waals surface area (Å²) in [5.74, 6) is -0.259. The first-order valence-electron chi connectivity index (χ1n) is 7.06. The fourth-order valence-corrected chi connectivity index (χ4v) is 2.59. The number of benzene rings is 2. The molecule has 8 heteroatoms. The van der Waals surface area contributed by atoms with Crippen LogP contribution in [-0.2, 0) is 0 Å². The third kappa shape index (κ3) is 2.19. The van der Waals surface area contributed by atoms with Crippen LogP contribution in [0.25, 0.3) is 28.0 Å². The Kier molecular flexibility index (Phi) is 3.23. The lowest BCUT2D eigenvalue weighted by Gasteiger charge is -2.05. The Morgan fingerprint density at radius 2 is 1.92 bits per heavy atom. The normalized spacial score (nSPS) is 11.1. The molecule has 120 valence electrons. The third-order valence-corrected chi connectivity index (χ3v) is 3.73. The zero-order valence-electron chi connectivity index (χ0n) is 12.5. The first-order chi connectivity index (χ1) is 11.7. The Hall–Kier alpha value is -3.29. The summed E-state index contributed by atoms with van der Waals surface area (Å²) in [6.07, 6.45) is 1.55. The van der Waals surface area contributed by atoms with Crippen LogP contribution < -0.4 is 4.74 Å². The van der Waals surface area contributed by atoms with Gasteiger partial charge in [0.2, 0.25) is 0 Å². The van der Waals surface area contributed by atoms with Crippen LogP contribution in [0.2, 0.25) is 0 Å². The Bertz CT molecular complexity index is 1020. The summed E-state index contributed by atoms with van der Waals surface area (Å²) in [4.78, 5) is 2.80. The topological polar surface area (TPSA) is 68.6 Å². The predicted octanol–water partition coefficient (Wildman–Crippen LogP) is 3.10. The summed E-state index contributed by atoms with van der Waals surface area (Å²) in [6, 6.07) is 9.19. The van der Waals surface area contributed by atoms with Crippen molar-refractivity contribution in [2.24, 2.45) is 0 Å². The highest BCUT2D eigenvalue weighted by Gasteiger charge is 2.17. The number of fused-ring (bicyclic) bond motifs is 1. The van der Waals surface area contributed by atoms with Gasteiger partial charge in [-0.2, -0.15) is 4.68 Å². The fraction of sp³-hybridized carbons (Fsp3) is 0.0625. The number of rotatable bonds is 3. The van der Waals surface area contributed by atoms with Crippen molar-refractivity contribution in [1.29, 1.82) is 0 Å². The van der Waals surface area contributed by atoms with Gasteiger partial charge < -0.3 is 9.72 Å². The standard InChI is InChI=1S/C16H11F2N5O/c1-24-11-4-2-10(3-5-11)23-16(20-21-22-23)13-8-19-15-12(13)6-9(17)7-14(15)18/h2-8,19H,1H3. The van der Waals surface area contributed by atoms with E-state index in [9.17, 15) is 8.78 Å². The maximum Gasteiger partial charge on any atom is 0.189 e. The van der Waals surface area contributed by atoms with E-state index in [4.69, 9.17) is 4.74 Å². The molecule has 0 aliphatic heterocycles. The van der Waals surface area contributed by atoms with E-state index in [0.717, 1.165) is 6.07 Å². The minimum absolute atomic E-state index is 0.204. The number of methoxy groups -OCH3 is 1. The van der Waals surface area contributed by atoms with E-state index in [1.165, 1.54) is 10.7 Å². The lowest BCUT2D eigenvalue weighted by Crippen LogP contribution is -1.99. The molecule has 0 aliphatic carbocycles. The average Bonchev–Trinajstić information content (AvgIpc) is 3.21. The number of ether oxygens (including phenoxy) is 1. The molecule has 0 radical (unpaired) electrons. The van der Waals surface area contributed by atoms with Gasteiger partial charge in [-0.25, -0.2) is 8.78 Å². The molecular formula is C16H11F2N5O. The van der Waals surface area contributed by atoms with Crippen LogP contribution in [0.4, 0.5) is 8.78 Å². The molecule has 24 heavy (non-hydrogen) atoms. The van der Waals surface area contributed by atoms with E-state index in [1.807, 2.05) is 0 Å². The Morgan fingerprint density at radius 1 is 1.12 bits per heavy atom. The number of tetrazole rings is 1. The number of H-pyrrole nitrogens is 1. The molecule has 6 nitrogen and oxygen atoms in total. The van der Waals surface area contributed by atoms with Crippen molar-refractivity contribution in [3.63, 3.8) is 0 Å². The number of halogens is 2. The third-order valence-electron chi connectivity index (χ3n) is 3.73. The van der Waals surface area contributed by atoms with Crippen molar-refractivity contribution in [3.05, 3.63) is 54.2 Å². The van der Waals surface area contributed by atoms with Crippen LogP contribution >= 0.6 is 0 Å². The number of aromatic amines is 1. The molecule has 1 N–H and O–H groups in total. The molecule has 4 aromatic rings. The van der Waals surface area contributed by atoms with Gasteiger partial charge in [-0.15, -0.1) is 5.10 Å². The predicted molar refractivity (Wildman–Crippen MR) is 82.9 cm³/mol. The minimum atomic E-state index is -0.667. The molecule has 2 aromatic carbocycles. The number of nitrogens with zero attached hydrogens (tertiary/aromatic N) is 4. The maximum absolute atomic E-state index is 13.9. The van der Waals surface area contributed by atoms with E-state index < -0.39 is 11.6 Å². The molecule has 0 fully saturated rings. The summed E-state index contributed by atoms with van der Waals surface area (Å²) in [6.45, 7) is 0. The molecule has 0 amide bonds. The van der Waals surface area contributed by atoms with Crippen LogP contribution in [0.3, 0.4) is 0 Å². The molecule has 0 unspecified atom stereocenters. The van der Waals surface area contributed by atoms with Gasteiger partial charge in [-0.1, -0.05) is 0 Å². The van der Waals surface area contributed by atoms with Gasteiger partial charge in [0.25, 0.3) is 0 Å². The second-order valence-corrected chi connectivity index (χ2v) is 5.12. The van der Waals surface area contributed by atoms with Gasteiger partial charge in [0.15, 0.2) is 5.82 Å². The number of aromatic nitrogens is 5. The monoisotopic (exact) mass is 327 g/mol. The molecule has 0 atom stereocenters. The van der Waals surface area contributed by atoms with Gasteiger partial charge >= 0.3 is 0 Å². The lowest BCUT2D eigenvalue weighted by atomic mass is 10.1. The van der Waals surface area contributed by atoms with Crippen molar-refractivity contribution in [2.75, 3.05) is 7.11 Å². The number of hydrogen-bond acceptors (Lipinski definition) is 4. The van der Waals surface area contributed by atoms with Crippen LogP contribution in [0.1, 0.15) is 0 Å². The van der Waals surface area contributed by atoms with Gasteiger partial charge in [0.1, 0.15) is 17.4 Å². The SMILES string of the molecule is COc1ccc(-n2nnnc2-c2c[nH]c3c(F)cc(F)cc23)cc1. The smallest absolute Gasteiger partial charge is 0.189 e. The van der Waals surface area contributed by atoms with Gasteiger partial charge in [0.05, 0.1) is 18.3 Å². The molecule has 0 saturated heterocycles. The van der Waals surface area contributed by atoms with Crippen molar-refractivity contribution >= 4 is 10.9 Å². The summed E-state index contributed by atoms with van der Waals surface area (Å²) >= 11 is 0. The van der Waals surface area contributed by atoms with Crippen LogP contribution in [-0.4, -0.2) is 32.3 Å². The van der Waals surface area contributed by atoms with Crippen LogP contribution in [0, 0.1) is 11.6 Å². The van der Waals surface area contributed by atoms with Crippen LogP contribution in [0.15, 0.2) is 42.6 Å². The molecule has 0 bridgehead atoms. The fourth-order valence-electron chi connectivity index (χ4n) is 2.59. The van der Waals surface area contributed by atoms with Gasteiger partial charge in [0, 0.05) is 23.2 Å². The van der Waals surface area contributed by atoms with E-state index in [1.54, 1.807) is 37.6 Å². The molecule has 0 spiro atoms. The van der Waals surface area contributed by atoms with Gasteiger partial charge in [-0.3, -0.25) is 0 Å². The summed E-state index contributed by atoms with van der Waals surface area (Å²) in [5.41, 5.74) is 1.40. The maximum atomic E-state index is 13.9. The first kappa shape index (κ1) is 14.3. The zero-order valence-corrected chi connectivity index (χ0v) is 12.5. The second kappa shape index (κ2) is 5.41. The van der Waals surface area contributed by atoms with Crippen molar-refractivity contribution in [2.45, 2.75) is 0 Å². The van der Waals surface area contributed by atoms with E-state index in [0.29, 0.717) is 28.2 Å². The highest BCUT2D eigenvalue weighted by molar-refractivity contribution is 5.94. The quantitative estimate of drug-likeness (QED) is 0.628. The summed E-state index contributed by atoms with van der Waals surface area (Å²) in [5, 5.41) is 12.0. The van der Waals surface area contributed by atoms with E-state index in [-0.39, 0.29) is 5.52 Å². The molecule has 2 aromatic heterocycles. The Labute approximate surface area is 134 Å². The molecule has 0 saturated carbocycles. The molecule has 2 heterocycles. The minimum Gasteiger partial charge on any atom is -0.497 e. The zero-order chi connectivity index (χ0) is 16.7. The Morgan fingerprint density at radius 3 is 2.67 bits per heavy atom. The number of nitrogens with one attached hydrogen (secondary N) is 1. The summed E-state index contributed by atoms with van der Waals surface area (Å²) in [7, 11) is 1.58. The average molecular weight is 327 g/mol. The van der Waals surface area contributed by atoms with Crippen molar-refractivity contribution in [1.82, 2.24) is 25.2 Å². The Balaban J connectivity index is 1.88.